The van der Waals surface area contributed by atoms with Crippen LogP contribution in [0.3, 0.4) is 0 Å². The maximum atomic E-state index is 12.8. The second-order valence-corrected chi connectivity index (χ2v) is 8.28. The maximum absolute atomic E-state index is 12.8. The second kappa shape index (κ2) is 6.96. The zero-order valence-electron chi connectivity index (χ0n) is 15.1. The van der Waals surface area contributed by atoms with Crippen molar-refractivity contribution < 1.29 is 31.5 Å². The highest BCUT2D eigenvalue weighted by Crippen LogP contribution is 2.37. The monoisotopic (exact) mass is 437 g/mol. The Labute approximate surface area is 168 Å². The molecule has 1 aliphatic heterocycles. The highest BCUT2D eigenvalue weighted by atomic mass is 32.2. The molecule has 0 saturated carbocycles. The summed E-state index contributed by atoms with van der Waals surface area (Å²) in [4.78, 5) is 17.1. The van der Waals surface area contributed by atoms with Gasteiger partial charge < -0.3 is 9.67 Å². The number of hydrogen-bond donors (Lipinski definition) is 2. The predicted molar refractivity (Wildman–Crippen MR) is 104 cm³/mol. The molecule has 0 fully saturated rings. The molecule has 1 aromatic heterocycles. The number of carbonyl (C=O) groups is 1. The van der Waals surface area contributed by atoms with E-state index >= 15 is 0 Å². The van der Waals surface area contributed by atoms with E-state index in [1.54, 1.807) is 48.5 Å². The van der Waals surface area contributed by atoms with Gasteiger partial charge in [0, 0.05) is 24.0 Å². The first-order chi connectivity index (χ1) is 14.1. The quantitative estimate of drug-likeness (QED) is 0.641. The Hall–Kier alpha value is -3.18. The van der Waals surface area contributed by atoms with Gasteiger partial charge in [-0.05, 0) is 18.2 Å². The summed E-state index contributed by atoms with van der Waals surface area (Å²) in [5.74, 6) is -0.774. The minimum absolute atomic E-state index is 0.0134. The van der Waals surface area contributed by atoms with Gasteiger partial charge in [-0.3, -0.25) is 4.79 Å². The molecule has 4 rings (SSSR count). The van der Waals surface area contributed by atoms with Crippen LogP contribution < -0.4 is 4.72 Å². The lowest BCUT2D eigenvalue weighted by Crippen LogP contribution is -2.38. The average molecular weight is 437 g/mol. The van der Waals surface area contributed by atoms with Gasteiger partial charge in [0.25, 0.3) is 0 Å². The number of alkyl halides is 3. The molecular weight excluding hydrogens is 423 g/mol. The van der Waals surface area contributed by atoms with Crippen molar-refractivity contribution in [1.29, 1.82) is 0 Å². The van der Waals surface area contributed by atoms with Crippen molar-refractivity contribution in [2.45, 2.75) is 12.1 Å². The first kappa shape index (κ1) is 20.1. The zero-order valence-corrected chi connectivity index (χ0v) is 16.0. The first-order valence-electron chi connectivity index (χ1n) is 8.71. The highest BCUT2D eigenvalue weighted by Gasteiger charge is 2.45. The molecule has 3 aromatic rings. The van der Waals surface area contributed by atoms with Gasteiger partial charge >= 0.3 is 15.5 Å². The summed E-state index contributed by atoms with van der Waals surface area (Å²) in [6.07, 6.45) is 0. The van der Waals surface area contributed by atoms with Gasteiger partial charge in [0.2, 0.25) is 11.7 Å². The smallest absolute Gasteiger partial charge is 0.494 e. The van der Waals surface area contributed by atoms with Gasteiger partial charge in [-0.15, -0.1) is 0 Å². The molecule has 0 bridgehead atoms. The molecule has 0 radical (unpaired) electrons. The SMILES string of the molecule is O=C1C(c2c(O)n(CCNS(=O)(=O)C(F)(F)F)c3ccccc23)=Nc2ccccc21. The lowest BCUT2D eigenvalue weighted by atomic mass is 10.0. The van der Waals surface area contributed by atoms with Crippen LogP contribution >= 0.6 is 0 Å². The number of para-hydroxylation sites is 2. The van der Waals surface area contributed by atoms with Gasteiger partial charge in [0.05, 0.1) is 16.8 Å². The zero-order chi connectivity index (χ0) is 21.7. The van der Waals surface area contributed by atoms with Crippen LogP contribution in [-0.2, 0) is 16.6 Å². The van der Waals surface area contributed by atoms with Crippen molar-refractivity contribution in [3.63, 3.8) is 0 Å². The molecule has 0 spiro atoms. The summed E-state index contributed by atoms with van der Waals surface area (Å²) in [6.45, 7) is -0.912. The number of aromatic nitrogens is 1. The molecule has 2 aromatic carbocycles. The second-order valence-electron chi connectivity index (χ2n) is 6.52. The normalized spacial score (nSPS) is 14.2. The molecule has 0 saturated heterocycles. The Morgan fingerprint density at radius 2 is 1.73 bits per heavy atom. The number of rotatable bonds is 5. The molecule has 0 aliphatic carbocycles. The van der Waals surface area contributed by atoms with E-state index in [1.165, 1.54) is 9.29 Å². The summed E-state index contributed by atoms with van der Waals surface area (Å²) >= 11 is 0. The largest absolute Gasteiger partial charge is 0.511 e. The molecule has 156 valence electrons. The third-order valence-electron chi connectivity index (χ3n) is 4.71. The number of carbonyl (C=O) groups excluding carboxylic acids is 1. The Bertz CT molecular complexity index is 1310. The molecule has 30 heavy (non-hydrogen) atoms. The third kappa shape index (κ3) is 3.15. The number of halogens is 3. The lowest BCUT2D eigenvalue weighted by Gasteiger charge is -2.11. The van der Waals surface area contributed by atoms with Crippen molar-refractivity contribution in [3.05, 3.63) is 59.7 Å². The van der Waals surface area contributed by atoms with Crippen LogP contribution in [0.2, 0.25) is 0 Å². The highest BCUT2D eigenvalue weighted by molar-refractivity contribution is 7.90. The van der Waals surface area contributed by atoms with Crippen molar-refractivity contribution in [1.82, 2.24) is 9.29 Å². The summed E-state index contributed by atoms with van der Waals surface area (Å²) in [5, 5.41) is 11.3. The number of aliphatic imine (C=N–C) groups is 1. The van der Waals surface area contributed by atoms with E-state index in [1.807, 2.05) is 0 Å². The number of nitrogens with one attached hydrogen (secondary N) is 1. The van der Waals surface area contributed by atoms with Gasteiger partial charge in [-0.2, -0.15) is 13.2 Å². The van der Waals surface area contributed by atoms with Crippen molar-refractivity contribution >= 4 is 38.1 Å². The fraction of sp³-hybridized carbons (Fsp3) is 0.158. The minimum atomic E-state index is -5.51. The van der Waals surface area contributed by atoms with Crippen LogP contribution in [0.15, 0.2) is 53.5 Å². The Kier molecular flexibility index (Phi) is 4.66. The van der Waals surface area contributed by atoms with E-state index in [4.69, 9.17) is 0 Å². The van der Waals surface area contributed by atoms with Crippen LogP contribution in [0.25, 0.3) is 10.9 Å². The Morgan fingerprint density at radius 1 is 1.07 bits per heavy atom. The summed E-state index contributed by atoms with van der Waals surface area (Å²) < 4.78 is 62.6. The third-order valence-corrected chi connectivity index (χ3v) is 5.90. The molecule has 7 nitrogen and oxygen atoms in total. The molecule has 1 aliphatic rings. The van der Waals surface area contributed by atoms with Crippen LogP contribution in [0.5, 0.6) is 5.88 Å². The Balaban J connectivity index is 1.73. The molecular formula is C19H14F3N3O4S. The van der Waals surface area contributed by atoms with Gasteiger partial charge in [0.1, 0.15) is 5.71 Å². The van der Waals surface area contributed by atoms with Crippen molar-refractivity contribution in [2.24, 2.45) is 4.99 Å². The van der Waals surface area contributed by atoms with Gasteiger partial charge in [-0.1, -0.05) is 30.3 Å². The van der Waals surface area contributed by atoms with E-state index in [-0.39, 0.29) is 29.5 Å². The standard InChI is InChI=1S/C19H14F3N3O4S/c20-19(21,22)30(28,29)23-9-10-25-14-8-4-2-6-12(14)15(18(25)27)16-17(26)11-5-1-3-7-13(11)24-16/h1-8,23,27H,9-10H2. The fourth-order valence-electron chi connectivity index (χ4n) is 3.35. The van der Waals surface area contributed by atoms with Gasteiger partial charge in [-0.25, -0.2) is 18.1 Å². The first-order valence-corrected chi connectivity index (χ1v) is 10.2. The maximum Gasteiger partial charge on any atom is 0.511 e. The number of benzene rings is 2. The number of sulfonamides is 1. The van der Waals surface area contributed by atoms with Crippen molar-refractivity contribution in [3.8, 4) is 5.88 Å². The average Bonchev–Trinajstić information content (AvgIpc) is 3.15. The molecule has 2 N–H and O–H groups in total. The molecule has 0 atom stereocenters. The number of fused-ring (bicyclic) bond motifs is 2. The lowest BCUT2D eigenvalue weighted by molar-refractivity contribution is -0.0447. The number of nitrogens with zero attached hydrogens (tertiary/aromatic N) is 2. The molecule has 11 heteroatoms. The molecule has 0 amide bonds. The van der Waals surface area contributed by atoms with Crippen LogP contribution in [0.1, 0.15) is 15.9 Å². The summed E-state index contributed by atoms with van der Waals surface area (Å²) in [5.41, 5.74) is -4.03. The van der Waals surface area contributed by atoms with E-state index in [0.717, 1.165) is 0 Å². The minimum Gasteiger partial charge on any atom is -0.494 e. The summed E-state index contributed by atoms with van der Waals surface area (Å²) in [7, 11) is -5.51. The van der Waals surface area contributed by atoms with E-state index in [9.17, 15) is 31.5 Å². The predicted octanol–water partition coefficient (Wildman–Crippen LogP) is 3.10. The molecule has 0 unspecified atom stereocenters. The topological polar surface area (TPSA) is 101 Å². The fourth-order valence-corrected chi connectivity index (χ4v) is 3.88. The van der Waals surface area contributed by atoms with Crippen LogP contribution in [0, 0.1) is 0 Å². The van der Waals surface area contributed by atoms with Crippen LogP contribution in [-0.4, -0.2) is 41.6 Å². The number of aromatic hydroxyl groups is 1. The van der Waals surface area contributed by atoms with Gasteiger partial charge in [0.15, 0.2) is 0 Å². The number of Topliss-reactive ketones (excluding diaryl/α,β-unsaturated/α-hetero) is 1. The number of hydrogen-bond acceptors (Lipinski definition) is 5. The van der Waals surface area contributed by atoms with Crippen LogP contribution in [0.4, 0.5) is 18.9 Å². The Morgan fingerprint density at radius 3 is 2.43 bits per heavy atom. The van der Waals surface area contributed by atoms with E-state index < -0.39 is 22.1 Å². The van der Waals surface area contributed by atoms with E-state index in [0.29, 0.717) is 22.2 Å². The summed E-state index contributed by atoms with van der Waals surface area (Å²) in [6, 6.07) is 13.2. The molecule has 2 heterocycles. The van der Waals surface area contributed by atoms with E-state index in [2.05, 4.69) is 4.99 Å². The van der Waals surface area contributed by atoms with Crippen molar-refractivity contribution in [2.75, 3.05) is 6.54 Å². The number of ketones is 1.